The van der Waals surface area contributed by atoms with E-state index < -0.39 is 0 Å². The molecule has 0 aromatic carbocycles. The molecule has 1 aromatic heterocycles. The SMILES string of the molecule is CCCOC(=O)C/C(C)=N/Nc1ccc(Cl)nn1. The fourth-order valence-corrected chi connectivity index (χ4v) is 1.14. The van der Waals surface area contributed by atoms with Crippen LogP contribution in [-0.2, 0) is 9.53 Å². The molecule has 0 unspecified atom stereocenters. The van der Waals surface area contributed by atoms with Gasteiger partial charge in [-0.25, -0.2) is 0 Å². The zero-order chi connectivity index (χ0) is 13.4. The highest BCUT2D eigenvalue weighted by Crippen LogP contribution is 2.06. The normalized spacial score (nSPS) is 11.2. The molecule has 1 rings (SSSR count). The van der Waals surface area contributed by atoms with E-state index in [-0.39, 0.29) is 12.4 Å². The van der Waals surface area contributed by atoms with Crippen LogP contribution in [-0.4, -0.2) is 28.5 Å². The Bertz CT molecular complexity index is 420. The number of hydrazone groups is 1. The first-order chi connectivity index (χ1) is 8.61. The van der Waals surface area contributed by atoms with Crippen LogP contribution < -0.4 is 5.43 Å². The van der Waals surface area contributed by atoms with Crippen molar-refractivity contribution in [3.05, 3.63) is 17.3 Å². The minimum atomic E-state index is -0.290. The van der Waals surface area contributed by atoms with E-state index in [4.69, 9.17) is 16.3 Å². The van der Waals surface area contributed by atoms with Crippen LogP contribution in [0.25, 0.3) is 0 Å². The third kappa shape index (κ3) is 5.58. The number of halogens is 1. The summed E-state index contributed by atoms with van der Waals surface area (Å²) in [7, 11) is 0. The summed E-state index contributed by atoms with van der Waals surface area (Å²) in [6.07, 6.45) is 0.953. The number of nitrogens with zero attached hydrogens (tertiary/aromatic N) is 3. The molecule has 6 nitrogen and oxygen atoms in total. The summed E-state index contributed by atoms with van der Waals surface area (Å²) in [5, 5.41) is 11.7. The third-order valence-electron chi connectivity index (χ3n) is 1.86. The van der Waals surface area contributed by atoms with E-state index in [0.29, 0.717) is 23.3 Å². The van der Waals surface area contributed by atoms with Crippen LogP contribution in [0, 0.1) is 0 Å². The van der Waals surface area contributed by atoms with Crippen molar-refractivity contribution in [3.8, 4) is 0 Å². The van der Waals surface area contributed by atoms with Crippen LogP contribution in [0.5, 0.6) is 0 Å². The van der Waals surface area contributed by atoms with Gasteiger partial charge in [-0.1, -0.05) is 18.5 Å². The van der Waals surface area contributed by atoms with Crippen molar-refractivity contribution in [2.45, 2.75) is 26.7 Å². The van der Waals surface area contributed by atoms with Gasteiger partial charge in [0.2, 0.25) is 0 Å². The number of esters is 1. The molecule has 0 fully saturated rings. The standard InChI is InChI=1S/C11H15ClN4O2/c1-3-6-18-11(17)7-8(2)13-15-10-5-4-9(12)14-16-10/h4-5H,3,6-7H2,1-2H3,(H,15,16)/b13-8+. The molecule has 18 heavy (non-hydrogen) atoms. The van der Waals surface area contributed by atoms with Crippen LogP contribution in [0.15, 0.2) is 17.2 Å². The highest BCUT2D eigenvalue weighted by molar-refractivity contribution is 6.29. The summed E-state index contributed by atoms with van der Waals surface area (Å²) in [6, 6.07) is 3.23. The maximum absolute atomic E-state index is 11.3. The summed E-state index contributed by atoms with van der Waals surface area (Å²) >= 11 is 5.59. The second-order valence-corrected chi connectivity index (χ2v) is 3.98. The summed E-state index contributed by atoms with van der Waals surface area (Å²) in [6.45, 7) is 4.10. The van der Waals surface area contributed by atoms with Gasteiger partial charge in [0.1, 0.15) is 0 Å². The Kier molecular flexibility index (Phi) is 6.07. The number of anilines is 1. The van der Waals surface area contributed by atoms with Crippen molar-refractivity contribution in [3.63, 3.8) is 0 Å². The average molecular weight is 271 g/mol. The lowest BCUT2D eigenvalue weighted by atomic mass is 10.3. The Hall–Kier alpha value is -1.69. The molecule has 0 amide bonds. The molecule has 0 bridgehead atoms. The number of hydrogen-bond donors (Lipinski definition) is 1. The van der Waals surface area contributed by atoms with Crippen LogP contribution in [0.3, 0.4) is 0 Å². The Balaban J connectivity index is 2.41. The minimum absolute atomic E-state index is 0.147. The van der Waals surface area contributed by atoms with E-state index >= 15 is 0 Å². The average Bonchev–Trinajstić information content (AvgIpc) is 2.35. The van der Waals surface area contributed by atoms with Crippen LogP contribution in [0.1, 0.15) is 26.7 Å². The Morgan fingerprint density at radius 3 is 2.89 bits per heavy atom. The fourth-order valence-electron chi connectivity index (χ4n) is 1.04. The Morgan fingerprint density at radius 1 is 1.50 bits per heavy atom. The van der Waals surface area contributed by atoms with E-state index in [1.165, 1.54) is 0 Å². The number of carbonyl (C=O) groups excluding carboxylic acids is 1. The van der Waals surface area contributed by atoms with Crippen molar-refractivity contribution < 1.29 is 9.53 Å². The number of carbonyl (C=O) groups is 1. The molecule has 0 aliphatic carbocycles. The van der Waals surface area contributed by atoms with E-state index in [1.807, 2.05) is 6.92 Å². The molecule has 0 atom stereocenters. The predicted molar refractivity (Wildman–Crippen MR) is 69.6 cm³/mol. The lowest BCUT2D eigenvalue weighted by molar-refractivity contribution is -0.142. The molecule has 1 aromatic rings. The van der Waals surface area contributed by atoms with Gasteiger partial charge in [0.15, 0.2) is 11.0 Å². The van der Waals surface area contributed by atoms with Gasteiger partial charge in [0.05, 0.1) is 13.0 Å². The van der Waals surface area contributed by atoms with E-state index in [0.717, 1.165) is 6.42 Å². The molecule has 98 valence electrons. The maximum Gasteiger partial charge on any atom is 0.311 e. The summed E-state index contributed by atoms with van der Waals surface area (Å²) in [4.78, 5) is 11.3. The van der Waals surface area contributed by atoms with Crippen molar-refractivity contribution in [2.24, 2.45) is 5.10 Å². The molecule has 1 N–H and O–H groups in total. The van der Waals surface area contributed by atoms with E-state index in [9.17, 15) is 4.79 Å². The van der Waals surface area contributed by atoms with Crippen LogP contribution in [0.2, 0.25) is 5.15 Å². The number of hydrogen-bond acceptors (Lipinski definition) is 6. The quantitative estimate of drug-likeness (QED) is 0.487. The predicted octanol–water partition coefficient (Wildman–Crippen LogP) is 2.26. The Morgan fingerprint density at radius 2 is 2.28 bits per heavy atom. The number of aromatic nitrogens is 2. The summed E-state index contributed by atoms with van der Waals surface area (Å²) in [5.41, 5.74) is 3.29. The second-order valence-electron chi connectivity index (χ2n) is 3.60. The highest BCUT2D eigenvalue weighted by atomic mass is 35.5. The van der Waals surface area contributed by atoms with Gasteiger partial charge in [-0.05, 0) is 25.5 Å². The first kappa shape index (κ1) is 14.4. The van der Waals surface area contributed by atoms with Crippen molar-refractivity contribution in [1.82, 2.24) is 10.2 Å². The zero-order valence-electron chi connectivity index (χ0n) is 10.3. The van der Waals surface area contributed by atoms with Crippen LogP contribution >= 0.6 is 11.6 Å². The summed E-state index contributed by atoms with van der Waals surface area (Å²) < 4.78 is 4.94. The molecule has 1 heterocycles. The highest BCUT2D eigenvalue weighted by Gasteiger charge is 2.04. The number of ether oxygens (including phenoxy) is 1. The smallest absolute Gasteiger partial charge is 0.311 e. The van der Waals surface area contributed by atoms with Gasteiger partial charge in [0, 0.05) is 5.71 Å². The lowest BCUT2D eigenvalue weighted by Gasteiger charge is -2.03. The number of rotatable bonds is 6. The summed E-state index contributed by atoms with van der Waals surface area (Å²) in [5.74, 6) is 0.169. The van der Waals surface area contributed by atoms with Crippen molar-refractivity contribution in [2.75, 3.05) is 12.0 Å². The first-order valence-electron chi connectivity index (χ1n) is 5.56. The second kappa shape index (κ2) is 7.60. The fraction of sp³-hybridized carbons (Fsp3) is 0.455. The van der Waals surface area contributed by atoms with Gasteiger partial charge in [-0.2, -0.15) is 5.10 Å². The molecular formula is C11H15ClN4O2. The van der Waals surface area contributed by atoms with E-state index in [2.05, 4.69) is 20.7 Å². The minimum Gasteiger partial charge on any atom is -0.465 e. The van der Waals surface area contributed by atoms with Crippen molar-refractivity contribution >= 4 is 29.1 Å². The molecule has 0 radical (unpaired) electrons. The maximum atomic E-state index is 11.3. The van der Waals surface area contributed by atoms with E-state index in [1.54, 1.807) is 19.1 Å². The molecule has 0 aliphatic rings. The first-order valence-corrected chi connectivity index (χ1v) is 5.93. The van der Waals surface area contributed by atoms with Crippen LogP contribution in [0.4, 0.5) is 5.82 Å². The molecule has 0 spiro atoms. The molecule has 7 heteroatoms. The van der Waals surface area contributed by atoms with Gasteiger partial charge in [-0.3, -0.25) is 10.2 Å². The molecule has 0 aliphatic heterocycles. The largest absolute Gasteiger partial charge is 0.465 e. The van der Waals surface area contributed by atoms with Crippen molar-refractivity contribution in [1.29, 1.82) is 0 Å². The monoisotopic (exact) mass is 270 g/mol. The van der Waals surface area contributed by atoms with Gasteiger partial charge < -0.3 is 4.74 Å². The molecule has 0 saturated carbocycles. The number of nitrogens with one attached hydrogen (secondary N) is 1. The molecule has 0 saturated heterocycles. The third-order valence-corrected chi connectivity index (χ3v) is 2.06. The Labute approximate surface area is 110 Å². The van der Waals surface area contributed by atoms with Gasteiger partial charge in [-0.15, -0.1) is 10.2 Å². The lowest BCUT2D eigenvalue weighted by Crippen LogP contribution is -2.11. The topological polar surface area (TPSA) is 76.5 Å². The zero-order valence-corrected chi connectivity index (χ0v) is 11.1. The molecular weight excluding hydrogens is 256 g/mol. The van der Waals surface area contributed by atoms with Gasteiger partial charge >= 0.3 is 5.97 Å². The van der Waals surface area contributed by atoms with Gasteiger partial charge in [0.25, 0.3) is 0 Å².